The van der Waals surface area contributed by atoms with E-state index < -0.39 is 26.6 Å². The monoisotopic (exact) mass is 494 g/mol. The van der Waals surface area contributed by atoms with Crippen LogP contribution >= 0.6 is 11.5 Å². The van der Waals surface area contributed by atoms with Crippen molar-refractivity contribution in [3.8, 4) is 0 Å². The van der Waals surface area contributed by atoms with Gasteiger partial charge >= 0.3 is 0 Å². The first-order valence-corrected chi connectivity index (χ1v) is 12.7. The molecule has 2 fully saturated rings. The van der Waals surface area contributed by atoms with Crippen molar-refractivity contribution in [2.75, 3.05) is 31.1 Å². The van der Waals surface area contributed by atoms with Gasteiger partial charge in [0.1, 0.15) is 16.5 Å². The Morgan fingerprint density at radius 1 is 1.00 bits per heavy atom. The van der Waals surface area contributed by atoms with Gasteiger partial charge in [-0.2, -0.15) is 8.68 Å². The van der Waals surface area contributed by atoms with Gasteiger partial charge in [-0.3, -0.25) is 0 Å². The molecular formula is C22H21F3N4O2S2. The topological polar surface area (TPSA) is 66.4 Å². The van der Waals surface area contributed by atoms with Crippen LogP contribution in [0.2, 0.25) is 0 Å². The van der Waals surface area contributed by atoms with Crippen LogP contribution in [0.3, 0.4) is 0 Å². The van der Waals surface area contributed by atoms with Crippen molar-refractivity contribution in [3.05, 3.63) is 71.3 Å². The molecule has 0 saturated carbocycles. The summed E-state index contributed by atoms with van der Waals surface area (Å²) < 4.78 is 71.9. The lowest BCUT2D eigenvalue weighted by atomic mass is 9.73. The fraction of sp³-hybridized carbons (Fsp3) is 0.364. The zero-order valence-electron chi connectivity index (χ0n) is 17.5. The Hall–Kier alpha value is -2.50. The highest BCUT2D eigenvalue weighted by atomic mass is 32.2. The van der Waals surface area contributed by atoms with E-state index in [-0.39, 0.29) is 24.3 Å². The van der Waals surface area contributed by atoms with E-state index in [1.54, 1.807) is 12.1 Å². The number of hydrogen-bond acceptors (Lipinski definition) is 6. The molecule has 2 saturated heterocycles. The molecule has 0 atom stereocenters. The molecule has 0 unspecified atom stereocenters. The minimum absolute atomic E-state index is 0.0186. The third kappa shape index (κ3) is 4.24. The molecule has 0 amide bonds. The van der Waals surface area contributed by atoms with Crippen molar-refractivity contribution in [2.24, 2.45) is 5.41 Å². The number of aromatic nitrogens is 2. The molecule has 2 aliphatic heterocycles. The second-order valence-electron chi connectivity index (χ2n) is 8.61. The van der Waals surface area contributed by atoms with Crippen molar-refractivity contribution in [1.82, 2.24) is 13.7 Å². The minimum Gasteiger partial charge on any atom is -0.346 e. The molecule has 33 heavy (non-hydrogen) atoms. The fourth-order valence-electron chi connectivity index (χ4n) is 4.47. The molecule has 3 aromatic rings. The third-order valence-electron chi connectivity index (χ3n) is 6.37. The van der Waals surface area contributed by atoms with E-state index in [9.17, 15) is 21.6 Å². The van der Waals surface area contributed by atoms with Gasteiger partial charge < -0.3 is 4.90 Å². The van der Waals surface area contributed by atoms with Crippen LogP contribution in [0.1, 0.15) is 24.2 Å². The van der Waals surface area contributed by atoms with E-state index in [0.29, 0.717) is 25.1 Å². The Labute approximate surface area is 193 Å². The maximum Gasteiger partial charge on any atom is 0.246 e. The molecule has 6 nitrogen and oxygen atoms in total. The van der Waals surface area contributed by atoms with Crippen molar-refractivity contribution < 1.29 is 21.6 Å². The number of piperidine rings is 1. The van der Waals surface area contributed by atoms with E-state index in [1.165, 1.54) is 34.0 Å². The molecule has 1 aromatic heterocycles. The lowest BCUT2D eigenvalue weighted by Gasteiger charge is -2.53. The third-order valence-corrected chi connectivity index (χ3v) is 9.10. The van der Waals surface area contributed by atoms with Crippen molar-refractivity contribution in [2.45, 2.75) is 24.2 Å². The Balaban J connectivity index is 1.19. The van der Waals surface area contributed by atoms with Gasteiger partial charge in [-0.15, -0.1) is 0 Å². The highest BCUT2D eigenvalue weighted by Crippen LogP contribution is 2.44. The van der Waals surface area contributed by atoms with Gasteiger partial charge in [0.15, 0.2) is 11.6 Å². The molecule has 0 radical (unpaired) electrons. The summed E-state index contributed by atoms with van der Waals surface area (Å²) in [5.41, 5.74) is 0.916. The first-order valence-electron chi connectivity index (χ1n) is 10.5. The predicted molar refractivity (Wildman–Crippen MR) is 118 cm³/mol. The Bertz CT molecular complexity index is 1270. The summed E-state index contributed by atoms with van der Waals surface area (Å²) in [7, 11) is -4.08. The standard InChI is InChI=1S/C22H21F3N4O2S2/c23-16-6-4-15(5-7-16)12-19-26-21(32-27-19)28-13-22(14-28)8-10-29(11-9-22)33(30,31)18-3-1-2-17(24)20(18)25/h1-7H,8-14H2. The van der Waals surface area contributed by atoms with Crippen LogP contribution in [0, 0.1) is 22.9 Å². The van der Waals surface area contributed by atoms with Crippen LogP contribution in [-0.4, -0.2) is 48.3 Å². The maximum absolute atomic E-state index is 14.1. The van der Waals surface area contributed by atoms with Gasteiger partial charge in [0.2, 0.25) is 15.2 Å². The van der Waals surface area contributed by atoms with Gasteiger partial charge in [-0.1, -0.05) is 18.2 Å². The largest absolute Gasteiger partial charge is 0.346 e. The Morgan fingerprint density at radius 2 is 1.70 bits per heavy atom. The minimum atomic E-state index is -4.08. The molecular weight excluding hydrogens is 473 g/mol. The number of nitrogens with zero attached hydrogens (tertiary/aromatic N) is 4. The lowest BCUT2D eigenvalue weighted by molar-refractivity contribution is 0.114. The summed E-state index contributed by atoms with van der Waals surface area (Å²) in [5.74, 6) is -2.10. The number of hydrogen-bond donors (Lipinski definition) is 0. The molecule has 2 aliphatic rings. The Morgan fingerprint density at radius 3 is 2.39 bits per heavy atom. The fourth-order valence-corrected chi connectivity index (χ4v) is 6.67. The molecule has 174 valence electrons. The summed E-state index contributed by atoms with van der Waals surface area (Å²) in [4.78, 5) is 6.11. The average Bonchev–Trinajstić information content (AvgIpc) is 3.23. The summed E-state index contributed by atoms with van der Waals surface area (Å²) >= 11 is 1.32. The highest BCUT2D eigenvalue weighted by Gasteiger charge is 2.47. The number of sulfonamides is 1. The van der Waals surface area contributed by atoms with Gasteiger partial charge in [-0.05, 0) is 42.7 Å². The SMILES string of the molecule is O=S(=O)(c1cccc(F)c1F)N1CCC2(CC1)CN(c1nc(Cc3ccc(F)cc3)ns1)C2. The highest BCUT2D eigenvalue weighted by molar-refractivity contribution is 7.89. The molecule has 0 N–H and O–H groups in total. The van der Waals surface area contributed by atoms with Crippen LogP contribution in [0.15, 0.2) is 47.4 Å². The van der Waals surface area contributed by atoms with Crippen LogP contribution in [-0.2, 0) is 16.4 Å². The molecule has 0 aliphatic carbocycles. The van der Waals surface area contributed by atoms with E-state index in [4.69, 9.17) is 0 Å². The van der Waals surface area contributed by atoms with Crippen molar-refractivity contribution >= 4 is 26.7 Å². The van der Waals surface area contributed by atoms with Crippen LogP contribution in [0.4, 0.5) is 18.3 Å². The first kappa shape index (κ1) is 22.3. The number of halogens is 3. The summed E-state index contributed by atoms with van der Waals surface area (Å²) in [6, 6.07) is 9.46. The second kappa shape index (κ2) is 8.37. The molecule has 11 heteroatoms. The van der Waals surface area contributed by atoms with Gasteiger partial charge in [-0.25, -0.2) is 26.6 Å². The van der Waals surface area contributed by atoms with E-state index in [2.05, 4.69) is 14.3 Å². The van der Waals surface area contributed by atoms with Gasteiger partial charge in [0.05, 0.1) is 0 Å². The maximum atomic E-state index is 14.1. The first-order chi connectivity index (χ1) is 15.8. The molecule has 0 bridgehead atoms. The molecule has 3 heterocycles. The van der Waals surface area contributed by atoms with Gasteiger partial charge in [0, 0.05) is 49.5 Å². The molecule has 1 spiro atoms. The quantitative estimate of drug-likeness (QED) is 0.539. The predicted octanol–water partition coefficient (Wildman–Crippen LogP) is 3.84. The normalized spacial score (nSPS) is 18.5. The summed E-state index contributed by atoms with van der Waals surface area (Å²) in [6.07, 6.45) is 1.81. The van der Waals surface area contributed by atoms with Crippen molar-refractivity contribution in [1.29, 1.82) is 0 Å². The zero-order chi connectivity index (χ0) is 23.2. The Kier molecular flexibility index (Phi) is 5.66. The van der Waals surface area contributed by atoms with Crippen LogP contribution in [0.5, 0.6) is 0 Å². The molecule has 2 aromatic carbocycles. The zero-order valence-corrected chi connectivity index (χ0v) is 19.2. The van der Waals surface area contributed by atoms with E-state index in [1.807, 2.05) is 0 Å². The lowest BCUT2D eigenvalue weighted by Crippen LogP contribution is -2.61. The van der Waals surface area contributed by atoms with Crippen LogP contribution in [0.25, 0.3) is 0 Å². The number of rotatable bonds is 5. The summed E-state index contributed by atoms with van der Waals surface area (Å²) in [6.45, 7) is 2.02. The van der Waals surface area contributed by atoms with Crippen LogP contribution < -0.4 is 4.90 Å². The van der Waals surface area contributed by atoms with Crippen molar-refractivity contribution in [3.63, 3.8) is 0 Å². The van der Waals surface area contributed by atoms with E-state index in [0.717, 1.165) is 35.9 Å². The number of anilines is 1. The van der Waals surface area contributed by atoms with Gasteiger partial charge in [0.25, 0.3) is 0 Å². The molecule has 5 rings (SSSR count). The smallest absolute Gasteiger partial charge is 0.246 e. The second-order valence-corrected chi connectivity index (χ2v) is 11.2. The van der Waals surface area contributed by atoms with E-state index >= 15 is 0 Å². The average molecular weight is 495 g/mol. The number of benzene rings is 2. The summed E-state index contributed by atoms with van der Waals surface area (Å²) in [5, 5.41) is 0.814.